The average molecular weight is 318 g/mol. The molecule has 0 aliphatic heterocycles. The minimum Gasteiger partial charge on any atom is -0.378 e. The van der Waals surface area contributed by atoms with Gasteiger partial charge in [0.15, 0.2) is 5.13 Å². The molecule has 1 aromatic rings. The van der Waals surface area contributed by atoms with Crippen LogP contribution in [-0.4, -0.2) is 44.2 Å². The van der Waals surface area contributed by atoms with Crippen LogP contribution in [0.5, 0.6) is 0 Å². The molecule has 0 saturated carbocycles. The first-order valence-electron chi connectivity index (χ1n) is 6.96. The van der Waals surface area contributed by atoms with Crippen LogP contribution in [0.2, 0.25) is 0 Å². The van der Waals surface area contributed by atoms with Crippen molar-refractivity contribution in [1.82, 2.24) is 10.3 Å². The first-order chi connectivity index (χ1) is 9.58. The average Bonchev–Trinajstić information content (AvgIpc) is 2.79. The molecule has 116 valence electrons. The number of thiazole rings is 1. The van der Waals surface area contributed by atoms with Crippen molar-refractivity contribution in [2.45, 2.75) is 27.0 Å². The second-order valence-corrected chi connectivity index (χ2v) is 7.29. The molecule has 20 heavy (non-hydrogen) atoms. The molecule has 1 rings (SSSR count). The van der Waals surface area contributed by atoms with Crippen LogP contribution in [-0.2, 0) is 17.9 Å². The highest BCUT2D eigenvalue weighted by atomic mass is 32.2. The van der Waals surface area contributed by atoms with Gasteiger partial charge in [0.05, 0.1) is 12.3 Å². The molecule has 0 unspecified atom stereocenters. The Balaban J connectivity index is 2.68. The van der Waals surface area contributed by atoms with E-state index >= 15 is 0 Å². The Kier molecular flexibility index (Phi) is 8.52. The predicted molar refractivity (Wildman–Crippen MR) is 91.0 cm³/mol. The molecule has 0 aliphatic carbocycles. The van der Waals surface area contributed by atoms with Gasteiger partial charge in [-0.15, -0.1) is 11.3 Å². The lowest BCUT2D eigenvalue weighted by atomic mass is 10.2. The number of hydrogen-bond donors (Lipinski definition) is 1. The molecule has 6 heteroatoms. The van der Waals surface area contributed by atoms with E-state index in [1.807, 2.05) is 11.8 Å². The van der Waals surface area contributed by atoms with E-state index in [1.165, 1.54) is 4.88 Å². The van der Waals surface area contributed by atoms with Gasteiger partial charge < -0.3 is 15.0 Å². The minimum absolute atomic E-state index is 0.589. The second kappa shape index (κ2) is 9.60. The molecule has 0 aromatic carbocycles. The number of nitrogens with zero attached hydrogens (tertiary/aromatic N) is 2. The summed E-state index contributed by atoms with van der Waals surface area (Å²) in [5.74, 6) is 1.79. The van der Waals surface area contributed by atoms with Gasteiger partial charge in [-0.25, -0.2) is 4.98 Å². The summed E-state index contributed by atoms with van der Waals surface area (Å²) in [5, 5.41) is 4.58. The van der Waals surface area contributed by atoms with Gasteiger partial charge in [-0.1, -0.05) is 13.8 Å². The third kappa shape index (κ3) is 5.99. The predicted octanol–water partition coefficient (Wildman–Crippen LogP) is 2.83. The summed E-state index contributed by atoms with van der Waals surface area (Å²) in [4.78, 5) is 8.24. The zero-order chi connectivity index (χ0) is 15.0. The van der Waals surface area contributed by atoms with Crippen LogP contribution < -0.4 is 10.2 Å². The van der Waals surface area contributed by atoms with Gasteiger partial charge in [-0.05, 0) is 18.7 Å². The highest BCUT2D eigenvalue weighted by Gasteiger charge is 2.13. The van der Waals surface area contributed by atoms with Crippen LogP contribution in [0.4, 0.5) is 5.13 Å². The quantitative estimate of drug-likeness (QED) is 0.718. The van der Waals surface area contributed by atoms with E-state index in [0.717, 1.165) is 36.2 Å². The lowest BCUT2D eigenvalue weighted by molar-refractivity contribution is 0.181. The fourth-order valence-corrected chi connectivity index (χ4v) is 3.20. The molecular weight excluding hydrogens is 290 g/mol. The lowest BCUT2D eigenvalue weighted by Crippen LogP contribution is -2.19. The topological polar surface area (TPSA) is 37.4 Å². The maximum atomic E-state index is 5.26. The molecule has 0 fully saturated rings. The molecule has 0 saturated heterocycles. The Morgan fingerprint density at radius 2 is 2.20 bits per heavy atom. The van der Waals surface area contributed by atoms with Crippen LogP contribution in [0, 0.1) is 5.92 Å². The standard InChI is InChI=1S/C14H27N3OS2/c1-11(2)8-15-9-13-12(10-18-4)16-14(20-13)17(3)6-7-19-5/h11,15H,6-10H2,1-5H3. The fourth-order valence-electron chi connectivity index (χ4n) is 1.72. The van der Waals surface area contributed by atoms with Gasteiger partial charge in [0.1, 0.15) is 0 Å². The van der Waals surface area contributed by atoms with Crippen LogP contribution in [0.25, 0.3) is 0 Å². The zero-order valence-corrected chi connectivity index (χ0v) is 14.9. The first-order valence-corrected chi connectivity index (χ1v) is 9.17. The van der Waals surface area contributed by atoms with Crippen LogP contribution in [0.1, 0.15) is 24.4 Å². The highest BCUT2D eigenvalue weighted by Crippen LogP contribution is 2.26. The van der Waals surface area contributed by atoms with Crippen molar-refractivity contribution in [3.63, 3.8) is 0 Å². The van der Waals surface area contributed by atoms with Crippen molar-refractivity contribution >= 4 is 28.2 Å². The number of aromatic nitrogens is 1. The van der Waals surface area contributed by atoms with Crippen molar-refractivity contribution in [3.05, 3.63) is 10.6 Å². The van der Waals surface area contributed by atoms with Crippen molar-refractivity contribution in [2.75, 3.05) is 44.2 Å². The first kappa shape index (κ1) is 17.8. The summed E-state index contributed by atoms with van der Waals surface area (Å²) in [5.41, 5.74) is 1.07. The van der Waals surface area contributed by atoms with Crippen LogP contribution in [0.15, 0.2) is 0 Å². The number of thioether (sulfide) groups is 1. The molecule has 0 atom stereocenters. The summed E-state index contributed by atoms with van der Waals surface area (Å²) in [6, 6.07) is 0. The van der Waals surface area contributed by atoms with Gasteiger partial charge in [0.2, 0.25) is 0 Å². The van der Waals surface area contributed by atoms with Crippen molar-refractivity contribution < 1.29 is 4.74 Å². The summed E-state index contributed by atoms with van der Waals surface area (Å²) in [7, 11) is 3.83. The molecule has 4 nitrogen and oxygen atoms in total. The molecular formula is C14H27N3OS2. The summed E-state index contributed by atoms with van der Waals surface area (Å²) in [6.45, 7) is 7.97. The van der Waals surface area contributed by atoms with Crippen LogP contribution >= 0.6 is 23.1 Å². The van der Waals surface area contributed by atoms with E-state index in [1.54, 1.807) is 18.4 Å². The van der Waals surface area contributed by atoms with E-state index in [2.05, 4.69) is 37.4 Å². The van der Waals surface area contributed by atoms with Gasteiger partial charge in [0.25, 0.3) is 0 Å². The Bertz CT molecular complexity index is 382. The van der Waals surface area contributed by atoms with Crippen molar-refractivity contribution in [1.29, 1.82) is 0 Å². The number of methoxy groups -OCH3 is 1. The fraction of sp³-hybridized carbons (Fsp3) is 0.786. The van der Waals surface area contributed by atoms with Gasteiger partial charge in [0, 0.05) is 37.9 Å². The minimum atomic E-state index is 0.589. The summed E-state index contributed by atoms with van der Waals surface area (Å²) >= 11 is 3.63. The number of rotatable bonds is 10. The van der Waals surface area contributed by atoms with E-state index in [9.17, 15) is 0 Å². The summed E-state index contributed by atoms with van der Waals surface area (Å²) < 4.78 is 5.26. The van der Waals surface area contributed by atoms with E-state index in [-0.39, 0.29) is 0 Å². The Labute approximate surface area is 131 Å². The Hall–Kier alpha value is -0.300. The smallest absolute Gasteiger partial charge is 0.185 e. The maximum absolute atomic E-state index is 5.26. The normalized spacial score (nSPS) is 11.3. The Morgan fingerprint density at radius 1 is 1.45 bits per heavy atom. The van der Waals surface area contributed by atoms with E-state index in [4.69, 9.17) is 9.72 Å². The maximum Gasteiger partial charge on any atom is 0.185 e. The molecule has 0 amide bonds. The van der Waals surface area contributed by atoms with Crippen molar-refractivity contribution in [2.24, 2.45) is 5.92 Å². The molecule has 0 bridgehead atoms. The molecule has 1 heterocycles. The lowest BCUT2D eigenvalue weighted by Gasteiger charge is -2.14. The molecule has 1 N–H and O–H groups in total. The van der Waals surface area contributed by atoms with Gasteiger partial charge in [-0.3, -0.25) is 0 Å². The third-order valence-electron chi connectivity index (χ3n) is 2.84. The second-order valence-electron chi connectivity index (χ2n) is 5.24. The number of hydrogen-bond acceptors (Lipinski definition) is 6. The summed E-state index contributed by atoms with van der Waals surface area (Å²) in [6.07, 6.45) is 2.13. The zero-order valence-electron chi connectivity index (χ0n) is 13.2. The molecule has 1 aromatic heterocycles. The Morgan fingerprint density at radius 3 is 2.80 bits per heavy atom. The SMILES string of the molecule is COCc1nc(N(C)CCSC)sc1CNCC(C)C. The number of anilines is 1. The molecule has 0 aliphatic rings. The van der Waals surface area contributed by atoms with Crippen molar-refractivity contribution in [3.8, 4) is 0 Å². The molecule has 0 radical (unpaired) electrons. The number of nitrogens with one attached hydrogen (secondary N) is 1. The van der Waals surface area contributed by atoms with Gasteiger partial charge in [-0.2, -0.15) is 11.8 Å². The third-order valence-corrected chi connectivity index (χ3v) is 4.65. The monoisotopic (exact) mass is 317 g/mol. The number of ether oxygens (including phenoxy) is 1. The van der Waals surface area contributed by atoms with E-state index < -0.39 is 0 Å². The highest BCUT2D eigenvalue weighted by molar-refractivity contribution is 7.98. The van der Waals surface area contributed by atoms with Gasteiger partial charge >= 0.3 is 0 Å². The largest absolute Gasteiger partial charge is 0.378 e. The van der Waals surface area contributed by atoms with E-state index in [0.29, 0.717) is 12.5 Å². The molecule has 0 spiro atoms. The van der Waals surface area contributed by atoms with Crippen LogP contribution in [0.3, 0.4) is 0 Å².